The first-order valence-corrected chi connectivity index (χ1v) is 11.1. The van der Waals surface area contributed by atoms with Crippen molar-refractivity contribution in [2.75, 3.05) is 4.90 Å². The van der Waals surface area contributed by atoms with E-state index in [1.165, 1.54) is 17.1 Å². The maximum Gasteiger partial charge on any atom is 0.252 e. The van der Waals surface area contributed by atoms with Crippen molar-refractivity contribution in [3.05, 3.63) is 36.5 Å². The Bertz CT molecular complexity index is 1220. The summed E-state index contributed by atoms with van der Waals surface area (Å²) in [5, 5.41) is 35.5. The molecule has 4 atom stereocenters. The molecule has 1 saturated carbocycles. The molecule has 6 rings (SSSR count). The van der Waals surface area contributed by atoms with Crippen LogP contribution in [0.25, 0.3) is 16.9 Å². The molecule has 3 aromatic rings. The number of piperidine rings is 1. The van der Waals surface area contributed by atoms with E-state index in [1.807, 2.05) is 11.0 Å². The van der Waals surface area contributed by atoms with E-state index in [1.54, 1.807) is 18.3 Å². The Morgan fingerprint density at radius 2 is 2.06 bits per heavy atom. The molecule has 0 unspecified atom stereocenters. The Morgan fingerprint density at radius 1 is 1.18 bits per heavy atom. The van der Waals surface area contributed by atoms with Gasteiger partial charge in [0.1, 0.15) is 30.0 Å². The second-order valence-corrected chi connectivity index (χ2v) is 8.90. The van der Waals surface area contributed by atoms with Crippen LogP contribution in [0.5, 0.6) is 5.75 Å². The fourth-order valence-corrected chi connectivity index (χ4v) is 5.01. The van der Waals surface area contributed by atoms with E-state index in [0.717, 1.165) is 32.1 Å². The third-order valence-electron chi connectivity index (χ3n) is 6.75. The smallest absolute Gasteiger partial charge is 0.252 e. The number of phenols is 1. The molecule has 2 saturated heterocycles. The zero-order valence-corrected chi connectivity index (χ0v) is 17.7. The quantitative estimate of drug-likeness (QED) is 0.602. The van der Waals surface area contributed by atoms with Crippen molar-refractivity contribution in [3.8, 4) is 28.8 Å². The first-order valence-electron chi connectivity index (χ1n) is 11.1. The van der Waals surface area contributed by atoms with E-state index in [9.17, 15) is 5.11 Å². The number of nitrogens with one attached hydrogen (secondary N) is 1. The number of phenolic OH excluding ortho intramolecular Hbond substituents is 1. The number of hydrogen-bond donors (Lipinski definition) is 2. The standard InChI is InChI=1S/C22H22FN9O/c23-21-16-6-1-12(27-16)7-18(21)32(13-2-3-13)22-25-10-17(28-29-22)15-5-4-14(8-19(15)33)31-11-26-20(9-24)30-31/h4-5,8,10-13,16,18,21,27,33H,1-3,6-7H2/t12-,16-,18+,21-/m0/s1. The lowest BCUT2D eigenvalue weighted by atomic mass is 9.96. The molecule has 1 aliphatic carbocycles. The largest absolute Gasteiger partial charge is 0.507 e. The fraction of sp³-hybridized carbons (Fsp3) is 0.455. The molecular formula is C22H22FN9O. The SMILES string of the molecule is N#Cc1ncn(-c2ccc(-c3cnc(N(C4CC4)[C@@H]4C[C@@H]5CC[C@H](N5)[C@@H]4F)nn3)c(O)c2)n1. The first-order chi connectivity index (χ1) is 16.1. The lowest BCUT2D eigenvalue weighted by molar-refractivity contribution is 0.171. The number of rotatable bonds is 5. The van der Waals surface area contributed by atoms with E-state index in [2.05, 4.69) is 30.6 Å². The molecule has 11 heteroatoms. The topological polar surface area (TPSA) is 129 Å². The van der Waals surface area contributed by atoms with E-state index in [4.69, 9.17) is 5.26 Å². The maximum absolute atomic E-state index is 15.2. The first kappa shape index (κ1) is 20.0. The van der Waals surface area contributed by atoms with E-state index in [0.29, 0.717) is 28.9 Å². The number of aromatic hydroxyl groups is 1. The molecule has 0 radical (unpaired) electrons. The summed E-state index contributed by atoms with van der Waals surface area (Å²) in [5.41, 5.74) is 1.43. The third kappa shape index (κ3) is 3.56. The van der Waals surface area contributed by atoms with Gasteiger partial charge in [0.2, 0.25) is 5.95 Å². The Balaban J connectivity index is 1.26. The number of alkyl halides is 1. The predicted octanol–water partition coefficient (Wildman–Crippen LogP) is 1.90. The minimum Gasteiger partial charge on any atom is -0.507 e. The Morgan fingerprint density at radius 3 is 2.76 bits per heavy atom. The number of fused-ring (bicyclic) bond motifs is 2. The Hall–Kier alpha value is -3.65. The molecule has 3 aliphatic rings. The third-order valence-corrected chi connectivity index (χ3v) is 6.75. The summed E-state index contributed by atoms with van der Waals surface area (Å²) < 4.78 is 16.6. The van der Waals surface area contributed by atoms with Gasteiger partial charge in [0, 0.05) is 29.8 Å². The van der Waals surface area contributed by atoms with Crippen molar-refractivity contribution in [1.29, 1.82) is 5.26 Å². The number of hydrogen-bond acceptors (Lipinski definition) is 9. The van der Waals surface area contributed by atoms with Crippen LogP contribution in [0.2, 0.25) is 0 Å². The van der Waals surface area contributed by atoms with Crippen LogP contribution in [-0.4, -0.2) is 65.4 Å². The number of benzene rings is 1. The summed E-state index contributed by atoms with van der Waals surface area (Å²) in [4.78, 5) is 10.4. The highest BCUT2D eigenvalue weighted by Crippen LogP contribution is 2.39. The molecule has 2 bridgehead atoms. The molecule has 1 aromatic carbocycles. The zero-order valence-electron chi connectivity index (χ0n) is 17.7. The van der Waals surface area contributed by atoms with Gasteiger partial charge in [-0.05, 0) is 44.2 Å². The average molecular weight is 447 g/mol. The number of nitrogens with zero attached hydrogens (tertiary/aromatic N) is 8. The van der Waals surface area contributed by atoms with E-state index >= 15 is 4.39 Å². The van der Waals surface area contributed by atoms with Gasteiger partial charge in [-0.15, -0.1) is 15.3 Å². The molecule has 168 valence electrons. The highest BCUT2D eigenvalue weighted by molar-refractivity contribution is 5.68. The summed E-state index contributed by atoms with van der Waals surface area (Å²) in [6.07, 6.45) is 6.67. The van der Waals surface area contributed by atoms with Gasteiger partial charge in [0.15, 0.2) is 0 Å². The van der Waals surface area contributed by atoms with Crippen molar-refractivity contribution in [3.63, 3.8) is 0 Å². The monoisotopic (exact) mass is 447 g/mol. The van der Waals surface area contributed by atoms with Crippen LogP contribution in [0.4, 0.5) is 10.3 Å². The predicted molar refractivity (Wildman–Crippen MR) is 115 cm³/mol. The minimum atomic E-state index is -0.956. The van der Waals surface area contributed by atoms with E-state index < -0.39 is 6.17 Å². The zero-order chi connectivity index (χ0) is 22.5. The van der Waals surface area contributed by atoms with Crippen LogP contribution >= 0.6 is 0 Å². The fourth-order valence-electron chi connectivity index (χ4n) is 5.01. The van der Waals surface area contributed by atoms with Gasteiger partial charge in [0.25, 0.3) is 5.82 Å². The lowest BCUT2D eigenvalue weighted by Gasteiger charge is -2.40. The van der Waals surface area contributed by atoms with Gasteiger partial charge in [-0.25, -0.2) is 19.0 Å². The normalized spacial score (nSPS) is 26.2. The second-order valence-electron chi connectivity index (χ2n) is 8.90. The minimum absolute atomic E-state index is 0.0249. The van der Waals surface area contributed by atoms with Crippen molar-refractivity contribution >= 4 is 5.95 Å². The van der Waals surface area contributed by atoms with Gasteiger partial charge in [0.05, 0.1) is 17.9 Å². The maximum atomic E-state index is 15.2. The van der Waals surface area contributed by atoms with Crippen LogP contribution in [0, 0.1) is 11.3 Å². The van der Waals surface area contributed by atoms with Crippen molar-refractivity contribution in [2.45, 2.75) is 62.4 Å². The van der Waals surface area contributed by atoms with Gasteiger partial charge in [-0.2, -0.15) is 5.26 Å². The average Bonchev–Trinajstić information content (AvgIpc) is 3.39. The molecule has 4 heterocycles. The summed E-state index contributed by atoms with van der Waals surface area (Å²) in [6, 6.07) is 7.07. The Labute approximate surface area is 189 Å². The summed E-state index contributed by atoms with van der Waals surface area (Å²) >= 11 is 0. The molecule has 2 N–H and O–H groups in total. The van der Waals surface area contributed by atoms with Crippen molar-refractivity contribution in [1.82, 2.24) is 35.3 Å². The second kappa shape index (κ2) is 7.74. The lowest BCUT2D eigenvalue weighted by Crippen LogP contribution is -2.57. The van der Waals surface area contributed by atoms with E-state index in [-0.39, 0.29) is 29.7 Å². The van der Waals surface area contributed by atoms with Gasteiger partial charge >= 0.3 is 0 Å². The summed E-state index contributed by atoms with van der Waals surface area (Å²) in [7, 11) is 0. The molecule has 33 heavy (non-hydrogen) atoms. The number of anilines is 1. The van der Waals surface area contributed by atoms with Crippen LogP contribution in [0.15, 0.2) is 30.7 Å². The molecular weight excluding hydrogens is 425 g/mol. The highest BCUT2D eigenvalue weighted by atomic mass is 19.1. The van der Waals surface area contributed by atoms with Crippen molar-refractivity contribution < 1.29 is 9.50 Å². The summed E-state index contributed by atoms with van der Waals surface area (Å²) in [5.74, 6) is 0.461. The van der Waals surface area contributed by atoms with Crippen LogP contribution in [-0.2, 0) is 0 Å². The molecule has 2 aliphatic heterocycles. The molecule has 0 spiro atoms. The number of aromatic nitrogens is 6. The van der Waals surface area contributed by atoms with Crippen LogP contribution < -0.4 is 10.2 Å². The molecule has 3 fully saturated rings. The molecule has 10 nitrogen and oxygen atoms in total. The van der Waals surface area contributed by atoms with Gasteiger partial charge in [-0.3, -0.25) is 0 Å². The van der Waals surface area contributed by atoms with Crippen LogP contribution in [0.3, 0.4) is 0 Å². The number of nitriles is 1. The van der Waals surface area contributed by atoms with Crippen LogP contribution in [0.1, 0.15) is 37.9 Å². The van der Waals surface area contributed by atoms with Crippen molar-refractivity contribution in [2.24, 2.45) is 0 Å². The molecule has 2 aromatic heterocycles. The highest BCUT2D eigenvalue weighted by Gasteiger charge is 2.48. The number of halogens is 1. The molecule has 0 amide bonds. The Kier molecular flexibility index (Phi) is 4.69. The summed E-state index contributed by atoms with van der Waals surface area (Å²) in [6.45, 7) is 0. The van der Waals surface area contributed by atoms with Gasteiger partial charge in [-0.1, -0.05) is 0 Å². The van der Waals surface area contributed by atoms with Gasteiger partial charge < -0.3 is 15.3 Å².